The van der Waals surface area contributed by atoms with Gasteiger partial charge >= 0.3 is 0 Å². The van der Waals surface area contributed by atoms with Gasteiger partial charge in [0.15, 0.2) is 0 Å². The zero-order chi connectivity index (χ0) is 18.6. The van der Waals surface area contributed by atoms with Crippen LogP contribution in [0.1, 0.15) is 22.3 Å². The molecule has 0 unspecified atom stereocenters. The van der Waals surface area contributed by atoms with Crippen LogP contribution in [0.3, 0.4) is 0 Å². The second-order valence-electron chi connectivity index (χ2n) is 6.86. The van der Waals surface area contributed by atoms with Gasteiger partial charge in [-0.05, 0) is 58.2 Å². The Hall–Kier alpha value is -3.39. The summed E-state index contributed by atoms with van der Waals surface area (Å²) in [5, 5.41) is 0. The standard InChI is InChI=1S/C25H22N2/c1-27(2)24-15-9-20(10-16-24)18-26-23-13-7-19(8-14-23)17-22-12-11-21-5-3-4-6-25(21)22/h3-18H,1-2H3/b22-17+,26-18?. The lowest BCUT2D eigenvalue weighted by Crippen LogP contribution is -2.08. The van der Waals surface area contributed by atoms with Crippen LogP contribution in [0.5, 0.6) is 0 Å². The second-order valence-corrected chi connectivity index (χ2v) is 6.86. The van der Waals surface area contributed by atoms with Crippen LogP contribution >= 0.6 is 0 Å². The summed E-state index contributed by atoms with van der Waals surface area (Å²) in [6, 6.07) is 25.2. The molecule has 0 spiro atoms. The lowest BCUT2D eigenvalue weighted by atomic mass is 10.0. The number of fused-ring (bicyclic) bond motifs is 1. The molecule has 27 heavy (non-hydrogen) atoms. The van der Waals surface area contributed by atoms with Gasteiger partial charge in [-0.1, -0.05) is 60.7 Å². The highest BCUT2D eigenvalue weighted by molar-refractivity contribution is 5.97. The average molecular weight is 350 g/mol. The van der Waals surface area contributed by atoms with Crippen molar-refractivity contribution >= 4 is 35.3 Å². The fourth-order valence-corrected chi connectivity index (χ4v) is 3.14. The topological polar surface area (TPSA) is 15.6 Å². The molecule has 1 aliphatic rings. The molecule has 0 saturated heterocycles. The second kappa shape index (κ2) is 7.46. The van der Waals surface area contributed by atoms with Gasteiger partial charge in [0, 0.05) is 26.0 Å². The molecule has 0 bridgehead atoms. The third kappa shape index (κ3) is 3.90. The molecule has 0 fully saturated rings. The van der Waals surface area contributed by atoms with Gasteiger partial charge in [-0.15, -0.1) is 0 Å². The Bertz CT molecular complexity index is 1020. The summed E-state index contributed by atoms with van der Waals surface area (Å²) in [7, 11) is 4.08. The van der Waals surface area contributed by atoms with E-state index in [1.165, 1.54) is 28.0 Å². The molecule has 2 heteroatoms. The van der Waals surface area contributed by atoms with Crippen LogP contribution < -0.4 is 4.90 Å². The highest BCUT2D eigenvalue weighted by Gasteiger charge is 2.08. The molecular formula is C25H22N2. The molecule has 0 N–H and O–H groups in total. The fourth-order valence-electron chi connectivity index (χ4n) is 3.14. The maximum atomic E-state index is 4.59. The number of hydrogen-bond donors (Lipinski definition) is 0. The number of rotatable bonds is 4. The summed E-state index contributed by atoms with van der Waals surface area (Å²) in [5.74, 6) is 0. The smallest absolute Gasteiger partial charge is 0.0630 e. The van der Waals surface area contributed by atoms with Crippen LogP contribution in [0.25, 0.3) is 17.7 Å². The zero-order valence-corrected chi connectivity index (χ0v) is 15.6. The number of anilines is 1. The Balaban J connectivity index is 1.48. The van der Waals surface area contributed by atoms with E-state index in [-0.39, 0.29) is 0 Å². The van der Waals surface area contributed by atoms with Crippen molar-refractivity contribution < 1.29 is 0 Å². The van der Waals surface area contributed by atoms with Crippen molar-refractivity contribution in [3.63, 3.8) is 0 Å². The normalized spacial score (nSPS) is 14.1. The Morgan fingerprint density at radius 2 is 1.44 bits per heavy atom. The summed E-state index contributed by atoms with van der Waals surface area (Å²) in [6.45, 7) is 0. The molecule has 0 aliphatic heterocycles. The molecule has 0 aromatic heterocycles. The minimum atomic E-state index is 0.955. The zero-order valence-electron chi connectivity index (χ0n) is 15.6. The van der Waals surface area contributed by atoms with Crippen molar-refractivity contribution in [3.8, 4) is 0 Å². The third-order valence-corrected chi connectivity index (χ3v) is 4.70. The minimum absolute atomic E-state index is 0.955. The van der Waals surface area contributed by atoms with Gasteiger partial charge in [0.25, 0.3) is 0 Å². The molecule has 0 radical (unpaired) electrons. The van der Waals surface area contributed by atoms with E-state index in [1.54, 1.807) is 0 Å². The van der Waals surface area contributed by atoms with E-state index in [0.29, 0.717) is 0 Å². The van der Waals surface area contributed by atoms with Gasteiger partial charge in [0.2, 0.25) is 0 Å². The predicted octanol–water partition coefficient (Wildman–Crippen LogP) is 6.07. The molecule has 0 heterocycles. The summed E-state index contributed by atoms with van der Waals surface area (Å²) in [5.41, 5.74) is 8.25. The molecule has 0 saturated carbocycles. The minimum Gasteiger partial charge on any atom is -0.378 e. The number of aliphatic imine (C=N–C) groups is 1. The summed E-state index contributed by atoms with van der Waals surface area (Å²) < 4.78 is 0. The highest BCUT2D eigenvalue weighted by atomic mass is 15.1. The first-order valence-corrected chi connectivity index (χ1v) is 9.10. The third-order valence-electron chi connectivity index (χ3n) is 4.70. The van der Waals surface area contributed by atoms with Crippen molar-refractivity contribution in [2.24, 2.45) is 4.99 Å². The van der Waals surface area contributed by atoms with Crippen molar-refractivity contribution in [1.82, 2.24) is 0 Å². The van der Waals surface area contributed by atoms with E-state index >= 15 is 0 Å². The van der Waals surface area contributed by atoms with Crippen LogP contribution in [0.15, 0.2) is 83.9 Å². The average Bonchev–Trinajstić information content (AvgIpc) is 3.11. The maximum absolute atomic E-state index is 4.59. The van der Waals surface area contributed by atoms with Gasteiger partial charge < -0.3 is 4.90 Å². The van der Waals surface area contributed by atoms with E-state index in [4.69, 9.17) is 0 Å². The first-order chi connectivity index (χ1) is 13.2. The van der Waals surface area contributed by atoms with Gasteiger partial charge in [-0.2, -0.15) is 0 Å². The molecule has 3 aromatic rings. The first-order valence-electron chi connectivity index (χ1n) is 9.10. The Kier molecular flexibility index (Phi) is 4.71. The maximum Gasteiger partial charge on any atom is 0.0630 e. The van der Waals surface area contributed by atoms with E-state index in [0.717, 1.165) is 11.3 Å². The first kappa shape index (κ1) is 17.0. The highest BCUT2D eigenvalue weighted by Crippen LogP contribution is 2.30. The van der Waals surface area contributed by atoms with Crippen LogP contribution in [0, 0.1) is 0 Å². The van der Waals surface area contributed by atoms with Gasteiger partial charge in [0.05, 0.1) is 5.69 Å². The largest absolute Gasteiger partial charge is 0.378 e. The van der Waals surface area contributed by atoms with E-state index in [9.17, 15) is 0 Å². The molecule has 132 valence electrons. The number of allylic oxidation sites excluding steroid dienone is 2. The number of benzene rings is 3. The molecule has 1 aliphatic carbocycles. The lowest BCUT2D eigenvalue weighted by molar-refractivity contribution is 1.13. The number of nitrogens with zero attached hydrogens (tertiary/aromatic N) is 2. The molecule has 3 aromatic carbocycles. The van der Waals surface area contributed by atoms with Gasteiger partial charge in [-0.25, -0.2) is 0 Å². The van der Waals surface area contributed by atoms with Crippen LogP contribution in [0.2, 0.25) is 0 Å². The molecule has 4 rings (SSSR count). The van der Waals surface area contributed by atoms with Gasteiger partial charge in [-0.3, -0.25) is 4.99 Å². The Labute approximate surface area is 160 Å². The molecule has 0 atom stereocenters. The van der Waals surface area contributed by atoms with E-state index in [1.807, 2.05) is 20.3 Å². The van der Waals surface area contributed by atoms with Crippen molar-refractivity contribution in [3.05, 3.63) is 101 Å². The van der Waals surface area contributed by atoms with Crippen molar-refractivity contribution in [1.29, 1.82) is 0 Å². The Morgan fingerprint density at radius 1 is 0.741 bits per heavy atom. The van der Waals surface area contributed by atoms with Crippen molar-refractivity contribution in [2.75, 3.05) is 19.0 Å². The lowest BCUT2D eigenvalue weighted by Gasteiger charge is -2.11. The van der Waals surface area contributed by atoms with E-state index < -0.39 is 0 Å². The van der Waals surface area contributed by atoms with Gasteiger partial charge in [0.1, 0.15) is 0 Å². The SMILES string of the molecule is CN(C)c1ccc(C=Nc2ccc(/C=C3\C=Cc4ccccc43)cc2)cc1. The molecule has 2 nitrogen and oxygen atoms in total. The van der Waals surface area contributed by atoms with E-state index in [2.05, 4.69) is 101 Å². The summed E-state index contributed by atoms with van der Waals surface area (Å²) >= 11 is 0. The molecule has 0 amide bonds. The Morgan fingerprint density at radius 3 is 2.19 bits per heavy atom. The predicted molar refractivity (Wildman–Crippen MR) is 118 cm³/mol. The fraction of sp³-hybridized carbons (Fsp3) is 0.0800. The summed E-state index contributed by atoms with van der Waals surface area (Å²) in [6.07, 6.45) is 8.47. The number of hydrogen-bond acceptors (Lipinski definition) is 2. The molecular weight excluding hydrogens is 328 g/mol. The quantitative estimate of drug-likeness (QED) is 0.521. The van der Waals surface area contributed by atoms with Crippen LogP contribution in [0.4, 0.5) is 11.4 Å². The van der Waals surface area contributed by atoms with Crippen molar-refractivity contribution in [2.45, 2.75) is 0 Å². The van der Waals surface area contributed by atoms with Crippen LogP contribution in [-0.2, 0) is 0 Å². The van der Waals surface area contributed by atoms with Crippen LogP contribution in [-0.4, -0.2) is 20.3 Å². The summed E-state index contributed by atoms with van der Waals surface area (Å²) in [4.78, 5) is 6.68. The monoisotopic (exact) mass is 350 g/mol.